The summed E-state index contributed by atoms with van der Waals surface area (Å²) < 4.78 is 5.31. The van der Waals surface area contributed by atoms with Crippen LogP contribution in [0.15, 0.2) is 29.6 Å². The standard InChI is InChI=1S/C19H17ClN2O3S/c1-12-11-26-17(22-12)15(9-21)16(23)10-25-18(24)19(7-2-8-19)13-3-5-14(20)6-4-13/h3-6,11,15H,2,7-8,10H2,1H3/t15-/m0/s1. The molecule has 1 aromatic heterocycles. The second kappa shape index (κ2) is 7.56. The number of ether oxygens (including phenoxy) is 1. The van der Waals surface area contributed by atoms with E-state index >= 15 is 0 Å². The van der Waals surface area contributed by atoms with Crippen molar-refractivity contribution in [2.45, 2.75) is 37.5 Å². The van der Waals surface area contributed by atoms with Gasteiger partial charge in [-0.05, 0) is 37.5 Å². The van der Waals surface area contributed by atoms with Crippen molar-refractivity contribution in [1.29, 1.82) is 5.26 Å². The summed E-state index contributed by atoms with van der Waals surface area (Å²) in [6.07, 6.45) is 2.27. The number of Topliss-reactive ketones (excluding diaryl/α,β-unsaturated/α-hetero) is 1. The summed E-state index contributed by atoms with van der Waals surface area (Å²) in [5.74, 6) is -1.89. The van der Waals surface area contributed by atoms with Crippen molar-refractivity contribution in [1.82, 2.24) is 4.98 Å². The Balaban J connectivity index is 1.68. The Morgan fingerprint density at radius 2 is 2.08 bits per heavy atom. The molecule has 1 heterocycles. The second-order valence-corrected chi connectivity index (χ2v) is 7.70. The van der Waals surface area contributed by atoms with E-state index in [2.05, 4.69) is 4.98 Å². The number of aryl methyl sites for hydroxylation is 1. The topological polar surface area (TPSA) is 80.0 Å². The van der Waals surface area contributed by atoms with Gasteiger partial charge < -0.3 is 4.74 Å². The summed E-state index contributed by atoms with van der Waals surface area (Å²) in [4.78, 5) is 29.2. The van der Waals surface area contributed by atoms with E-state index in [1.807, 2.05) is 18.2 Å². The Morgan fingerprint density at radius 1 is 1.38 bits per heavy atom. The van der Waals surface area contributed by atoms with E-state index in [0.29, 0.717) is 22.9 Å². The Bertz CT molecular complexity index is 866. The molecule has 0 N–H and O–H groups in total. The smallest absolute Gasteiger partial charge is 0.316 e. The quantitative estimate of drug-likeness (QED) is 0.700. The number of hydrogen-bond acceptors (Lipinski definition) is 6. The number of benzene rings is 1. The molecule has 1 aliphatic carbocycles. The number of thiazole rings is 1. The first-order valence-corrected chi connectivity index (χ1v) is 9.50. The molecule has 26 heavy (non-hydrogen) atoms. The molecule has 5 nitrogen and oxygen atoms in total. The molecule has 1 atom stereocenters. The zero-order valence-electron chi connectivity index (χ0n) is 14.2. The molecule has 1 aliphatic rings. The van der Waals surface area contributed by atoms with Gasteiger partial charge in [-0.15, -0.1) is 11.3 Å². The summed E-state index contributed by atoms with van der Waals surface area (Å²) in [6, 6.07) is 9.08. The highest BCUT2D eigenvalue weighted by molar-refractivity contribution is 7.09. The lowest BCUT2D eigenvalue weighted by molar-refractivity contribution is -0.157. The monoisotopic (exact) mass is 388 g/mol. The number of carbonyl (C=O) groups excluding carboxylic acids is 2. The predicted molar refractivity (Wildman–Crippen MR) is 98.2 cm³/mol. The number of nitrogens with zero attached hydrogens (tertiary/aromatic N) is 2. The maximum Gasteiger partial charge on any atom is 0.316 e. The zero-order chi connectivity index (χ0) is 18.7. The Kier molecular flexibility index (Phi) is 5.40. The van der Waals surface area contributed by atoms with Crippen LogP contribution in [-0.2, 0) is 19.7 Å². The third kappa shape index (κ3) is 3.50. The number of ketones is 1. The van der Waals surface area contributed by atoms with Gasteiger partial charge in [0.05, 0.1) is 11.5 Å². The molecule has 0 radical (unpaired) electrons. The summed E-state index contributed by atoms with van der Waals surface area (Å²) in [6.45, 7) is 1.37. The van der Waals surface area contributed by atoms with Crippen molar-refractivity contribution in [2.24, 2.45) is 0 Å². The molecule has 1 aromatic carbocycles. The van der Waals surface area contributed by atoms with E-state index in [1.54, 1.807) is 24.4 Å². The van der Waals surface area contributed by atoms with Gasteiger partial charge in [-0.25, -0.2) is 4.98 Å². The average molecular weight is 389 g/mol. The van der Waals surface area contributed by atoms with Crippen LogP contribution in [0.3, 0.4) is 0 Å². The van der Waals surface area contributed by atoms with Crippen LogP contribution < -0.4 is 0 Å². The lowest BCUT2D eigenvalue weighted by atomic mass is 9.64. The van der Waals surface area contributed by atoms with Crippen molar-refractivity contribution in [3.05, 3.63) is 50.9 Å². The SMILES string of the molecule is Cc1csc([C@@H](C#N)C(=O)COC(=O)C2(c3ccc(Cl)cc3)CCC2)n1. The fraction of sp³-hybridized carbons (Fsp3) is 0.368. The fourth-order valence-electron chi connectivity index (χ4n) is 3.04. The van der Waals surface area contributed by atoms with Gasteiger partial charge in [0.15, 0.2) is 18.3 Å². The third-order valence-electron chi connectivity index (χ3n) is 4.67. The molecule has 3 rings (SSSR count). The Labute approximate surface area is 160 Å². The molecule has 7 heteroatoms. The number of carbonyl (C=O) groups is 2. The van der Waals surface area contributed by atoms with Crippen molar-refractivity contribution in [2.75, 3.05) is 6.61 Å². The largest absolute Gasteiger partial charge is 0.457 e. The molecule has 0 unspecified atom stereocenters. The number of aromatic nitrogens is 1. The Hall–Kier alpha value is -2.23. The summed E-state index contributed by atoms with van der Waals surface area (Å²) >= 11 is 7.18. The molecular weight excluding hydrogens is 372 g/mol. The fourth-order valence-corrected chi connectivity index (χ4v) is 4.02. The van der Waals surface area contributed by atoms with E-state index < -0.39 is 29.7 Å². The normalized spacial score (nSPS) is 16.2. The van der Waals surface area contributed by atoms with Gasteiger partial charge in [-0.2, -0.15) is 5.26 Å². The highest BCUT2D eigenvalue weighted by atomic mass is 35.5. The molecule has 134 valence electrons. The van der Waals surface area contributed by atoms with Crippen LogP contribution in [0.4, 0.5) is 0 Å². The zero-order valence-corrected chi connectivity index (χ0v) is 15.8. The van der Waals surface area contributed by atoms with Crippen LogP contribution in [0, 0.1) is 18.3 Å². The maximum atomic E-state index is 12.7. The minimum Gasteiger partial charge on any atom is -0.457 e. The van der Waals surface area contributed by atoms with Crippen LogP contribution in [0.5, 0.6) is 0 Å². The van der Waals surface area contributed by atoms with Gasteiger partial charge in [0.1, 0.15) is 5.01 Å². The van der Waals surface area contributed by atoms with Gasteiger partial charge in [0.2, 0.25) is 0 Å². The van der Waals surface area contributed by atoms with Crippen LogP contribution in [0.25, 0.3) is 0 Å². The predicted octanol–water partition coefficient (Wildman–Crippen LogP) is 3.95. The Morgan fingerprint density at radius 3 is 2.58 bits per heavy atom. The van der Waals surface area contributed by atoms with Gasteiger partial charge in [0.25, 0.3) is 0 Å². The second-order valence-electron chi connectivity index (χ2n) is 6.37. The number of hydrogen-bond donors (Lipinski definition) is 0. The van der Waals surface area contributed by atoms with E-state index in [-0.39, 0.29) is 0 Å². The first-order chi connectivity index (χ1) is 12.5. The van der Waals surface area contributed by atoms with Gasteiger partial charge in [0, 0.05) is 16.1 Å². The van der Waals surface area contributed by atoms with E-state index in [0.717, 1.165) is 17.7 Å². The lowest BCUT2D eigenvalue weighted by Crippen LogP contribution is -2.44. The van der Waals surface area contributed by atoms with Crippen molar-refractivity contribution >= 4 is 34.7 Å². The van der Waals surface area contributed by atoms with Crippen molar-refractivity contribution in [3.63, 3.8) is 0 Å². The summed E-state index contributed by atoms with van der Waals surface area (Å²) in [5, 5.41) is 12.1. The molecule has 2 aromatic rings. The maximum absolute atomic E-state index is 12.7. The van der Waals surface area contributed by atoms with Crippen LogP contribution in [-0.4, -0.2) is 23.3 Å². The van der Waals surface area contributed by atoms with Crippen molar-refractivity contribution < 1.29 is 14.3 Å². The minimum absolute atomic E-state index is 0.425. The number of halogens is 1. The summed E-state index contributed by atoms with van der Waals surface area (Å²) in [7, 11) is 0. The highest BCUT2D eigenvalue weighted by Crippen LogP contribution is 2.45. The molecule has 0 saturated heterocycles. The molecule has 0 amide bonds. The molecule has 1 saturated carbocycles. The molecule has 0 spiro atoms. The molecule has 0 bridgehead atoms. The number of nitriles is 1. The van der Waals surface area contributed by atoms with Gasteiger partial charge >= 0.3 is 5.97 Å². The van der Waals surface area contributed by atoms with Gasteiger partial charge in [-0.1, -0.05) is 30.2 Å². The van der Waals surface area contributed by atoms with Crippen LogP contribution >= 0.6 is 22.9 Å². The lowest BCUT2D eigenvalue weighted by Gasteiger charge is -2.39. The molecule has 1 fully saturated rings. The van der Waals surface area contributed by atoms with Crippen molar-refractivity contribution in [3.8, 4) is 6.07 Å². The average Bonchev–Trinajstić information content (AvgIpc) is 3.00. The van der Waals surface area contributed by atoms with E-state index in [1.165, 1.54) is 11.3 Å². The minimum atomic E-state index is -1.01. The van der Waals surface area contributed by atoms with Crippen LogP contribution in [0.2, 0.25) is 5.02 Å². The molecule has 0 aliphatic heterocycles. The van der Waals surface area contributed by atoms with E-state index in [9.17, 15) is 14.9 Å². The van der Waals surface area contributed by atoms with E-state index in [4.69, 9.17) is 16.3 Å². The first-order valence-electron chi connectivity index (χ1n) is 8.24. The summed E-state index contributed by atoms with van der Waals surface area (Å²) in [5.41, 5.74) is 0.884. The third-order valence-corrected chi connectivity index (χ3v) is 5.95. The van der Waals surface area contributed by atoms with Gasteiger partial charge in [-0.3, -0.25) is 9.59 Å². The number of rotatable bonds is 6. The number of esters is 1. The molecular formula is C19H17ClN2O3S. The van der Waals surface area contributed by atoms with Crippen LogP contribution in [0.1, 0.15) is 41.4 Å². The first kappa shape index (κ1) is 18.6. The highest BCUT2D eigenvalue weighted by Gasteiger charge is 2.47.